The van der Waals surface area contributed by atoms with E-state index in [1.807, 2.05) is 0 Å². The molecule has 274 valence electrons. The van der Waals surface area contributed by atoms with Crippen LogP contribution in [0.15, 0.2) is 59.8 Å². The molecule has 1 saturated heterocycles. The van der Waals surface area contributed by atoms with Gasteiger partial charge in [0, 0.05) is 42.7 Å². The number of hydrogen-bond donors (Lipinski definition) is 0. The molecular weight excluding hydrogens is 733 g/mol. The van der Waals surface area contributed by atoms with E-state index in [2.05, 4.69) is 9.36 Å². The van der Waals surface area contributed by atoms with Crippen molar-refractivity contribution in [2.24, 2.45) is 5.92 Å². The maximum Gasteiger partial charge on any atom is 0.410 e. The zero-order chi connectivity index (χ0) is 37.1. The van der Waals surface area contributed by atoms with Gasteiger partial charge in [0.25, 0.3) is 10.0 Å². The molecule has 0 spiro atoms. The number of amides is 1. The summed E-state index contributed by atoms with van der Waals surface area (Å²) in [5.74, 6) is -3.72. The van der Waals surface area contributed by atoms with Gasteiger partial charge in [-0.1, -0.05) is 23.7 Å². The van der Waals surface area contributed by atoms with Gasteiger partial charge in [0.05, 0.1) is 32.4 Å². The smallest absolute Gasteiger partial charge is 0.410 e. The Morgan fingerprint density at radius 2 is 1.75 bits per heavy atom. The normalized spacial score (nSPS) is 16.5. The third-order valence-electron chi connectivity index (χ3n) is 8.10. The first-order chi connectivity index (χ1) is 24.1. The van der Waals surface area contributed by atoms with Crippen LogP contribution in [0.1, 0.15) is 44.2 Å². The van der Waals surface area contributed by atoms with Crippen molar-refractivity contribution in [3.05, 3.63) is 88.5 Å². The van der Waals surface area contributed by atoms with Gasteiger partial charge in [0.2, 0.25) is 5.13 Å². The lowest BCUT2D eigenvalue weighted by atomic mass is 9.81. The van der Waals surface area contributed by atoms with E-state index in [1.54, 1.807) is 45.0 Å². The fourth-order valence-corrected chi connectivity index (χ4v) is 8.00. The highest BCUT2D eigenvalue weighted by molar-refractivity contribution is 7.93. The molecule has 1 aliphatic heterocycles. The molecule has 17 heteroatoms. The van der Waals surface area contributed by atoms with Crippen molar-refractivity contribution in [1.82, 2.24) is 14.3 Å². The third kappa shape index (κ3) is 8.79. The number of benzene rings is 3. The number of nitrogens with zero attached hydrogens (tertiary/aromatic N) is 4. The van der Waals surface area contributed by atoms with Crippen LogP contribution in [0.5, 0.6) is 17.2 Å². The maximum atomic E-state index is 15.8. The number of piperidine rings is 1. The first-order valence-electron chi connectivity index (χ1n) is 15.7. The molecule has 0 bridgehead atoms. The number of hydrogen-bond acceptors (Lipinski definition) is 10. The van der Waals surface area contributed by atoms with Crippen LogP contribution in [0.4, 0.5) is 23.1 Å². The number of methoxy groups -OCH3 is 2. The molecule has 11 nitrogen and oxygen atoms in total. The molecule has 4 aromatic rings. The minimum absolute atomic E-state index is 0.0567. The van der Waals surface area contributed by atoms with Crippen molar-refractivity contribution in [2.45, 2.75) is 50.2 Å². The molecule has 2 atom stereocenters. The fourth-order valence-electron chi connectivity index (χ4n) is 5.69. The Hall–Kier alpha value is -4.28. The van der Waals surface area contributed by atoms with Crippen molar-refractivity contribution in [2.75, 3.05) is 38.2 Å². The summed E-state index contributed by atoms with van der Waals surface area (Å²) >= 11 is 6.66. The number of sulfonamides is 1. The Labute approximate surface area is 303 Å². The van der Waals surface area contributed by atoms with E-state index in [1.165, 1.54) is 31.3 Å². The molecule has 0 radical (unpaired) electrons. The van der Waals surface area contributed by atoms with Crippen molar-refractivity contribution >= 4 is 44.4 Å². The van der Waals surface area contributed by atoms with E-state index >= 15 is 8.78 Å². The molecule has 3 aromatic carbocycles. The summed E-state index contributed by atoms with van der Waals surface area (Å²) in [6.07, 6.45) is 0.976. The highest BCUT2D eigenvalue weighted by Crippen LogP contribution is 2.37. The second-order valence-corrected chi connectivity index (χ2v) is 15.7. The van der Waals surface area contributed by atoms with Gasteiger partial charge in [-0.15, -0.1) is 0 Å². The van der Waals surface area contributed by atoms with Gasteiger partial charge in [-0.25, -0.2) is 35.7 Å². The molecule has 51 heavy (non-hydrogen) atoms. The zero-order valence-electron chi connectivity index (χ0n) is 28.4. The van der Waals surface area contributed by atoms with Gasteiger partial charge >= 0.3 is 6.09 Å². The second-order valence-electron chi connectivity index (χ2n) is 12.7. The van der Waals surface area contributed by atoms with E-state index in [-0.39, 0.29) is 35.8 Å². The lowest BCUT2D eigenvalue weighted by Gasteiger charge is -2.39. The summed E-state index contributed by atoms with van der Waals surface area (Å²) < 4.78 is 100. The predicted octanol–water partition coefficient (Wildman–Crippen LogP) is 7.44. The van der Waals surface area contributed by atoms with Gasteiger partial charge < -0.3 is 23.8 Å². The summed E-state index contributed by atoms with van der Waals surface area (Å²) in [4.78, 5) is 17.4. The molecule has 2 heterocycles. The van der Waals surface area contributed by atoms with Crippen LogP contribution in [0.2, 0.25) is 5.02 Å². The topological polar surface area (TPSA) is 120 Å². The average Bonchev–Trinajstić information content (AvgIpc) is 3.62. The van der Waals surface area contributed by atoms with Crippen LogP contribution in [-0.4, -0.2) is 68.3 Å². The van der Waals surface area contributed by atoms with E-state index in [0.29, 0.717) is 47.7 Å². The van der Waals surface area contributed by atoms with Crippen LogP contribution in [-0.2, 0) is 21.3 Å². The van der Waals surface area contributed by atoms with Crippen molar-refractivity contribution in [3.8, 4) is 17.2 Å². The molecule has 1 aliphatic rings. The molecule has 0 saturated carbocycles. The standard InChI is InChI=1S/C34H36ClF3N4O7S2/c1-34(2,3)49-33(43)41-11-10-23(21-7-8-24(35)25(36)13-21)22(17-41)18-48-29-14-27(38)31(15-26(29)37)51(44,45)42(32-39-19-40-50-32)16-20-6-9-28(46-4)30(12-20)47-5/h6-9,12-15,19,22-23H,10-11,16-18H2,1-5H3. The van der Waals surface area contributed by atoms with Crippen LogP contribution < -0.4 is 18.5 Å². The molecule has 1 amide bonds. The Bertz CT molecular complexity index is 1980. The number of rotatable bonds is 11. The predicted molar refractivity (Wildman–Crippen MR) is 185 cm³/mol. The molecule has 2 unspecified atom stereocenters. The summed E-state index contributed by atoms with van der Waals surface area (Å²) in [5.41, 5.74) is 0.277. The molecule has 0 aliphatic carbocycles. The van der Waals surface area contributed by atoms with Crippen molar-refractivity contribution < 1.29 is 45.3 Å². The third-order valence-corrected chi connectivity index (χ3v) is 11.0. The second kappa shape index (κ2) is 15.5. The van der Waals surface area contributed by atoms with Crippen molar-refractivity contribution in [3.63, 3.8) is 0 Å². The highest BCUT2D eigenvalue weighted by atomic mass is 35.5. The van der Waals surface area contributed by atoms with Crippen LogP contribution in [0.25, 0.3) is 0 Å². The largest absolute Gasteiger partial charge is 0.493 e. The fraction of sp³-hybridized carbons (Fsp3) is 0.382. The number of ether oxygens (including phenoxy) is 4. The molecule has 1 aromatic heterocycles. The highest BCUT2D eigenvalue weighted by Gasteiger charge is 2.36. The van der Waals surface area contributed by atoms with Crippen LogP contribution in [0.3, 0.4) is 0 Å². The van der Waals surface area contributed by atoms with Crippen LogP contribution >= 0.6 is 23.1 Å². The van der Waals surface area contributed by atoms with Crippen LogP contribution in [0, 0.1) is 23.4 Å². The SMILES string of the molecule is COc1ccc(CN(c2ncns2)S(=O)(=O)c2cc(F)c(OCC3CN(C(=O)OC(C)(C)C)CCC3c3ccc(Cl)c(F)c3)cc2F)cc1OC. The Kier molecular flexibility index (Phi) is 11.6. The molecule has 5 rings (SSSR count). The van der Waals surface area contributed by atoms with E-state index < -0.39 is 55.7 Å². The number of halogens is 4. The summed E-state index contributed by atoms with van der Waals surface area (Å²) in [6, 6.07) is 10.3. The zero-order valence-corrected chi connectivity index (χ0v) is 30.8. The number of carbonyl (C=O) groups is 1. The van der Waals surface area contributed by atoms with Gasteiger partial charge in [-0.05, 0) is 68.5 Å². The number of anilines is 1. The number of aromatic nitrogens is 2. The lowest BCUT2D eigenvalue weighted by Crippen LogP contribution is -2.46. The monoisotopic (exact) mass is 768 g/mol. The average molecular weight is 769 g/mol. The first-order valence-corrected chi connectivity index (χ1v) is 18.3. The van der Waals surface area contributed by atoms with E-state index in [4.69, 9.17) is 30.5 Å². The minimum Gasteiger partial charge on any atom is -0.493 e. The number of carbonyl (C=O) groups excluding carboxylic acids is 1. The number of likely N-dealkylation sites (tertiary alicyclic amines) is 1. The van der Waals surface area contributed by atoms with E-state index in [0.717, 1.165) is 22.2 Å². The van der Waals surface area contributed by atoms with E-state index in [9.17, 15) is 17.6 Å². The maximum absolute atomic E-state index is 15.8. The van der Waals surface area contributed by atoms with Gasteiger partial charge in [0.1, 0.15) is 28.5 Å². The molecular formula is C34H36ClF3N4O7S2. The minimum atomic E-state index is -4.75. The lowest BCUT2D eigenvalue weighted by molar-refractivity contribution is 0.0110. The Balaban J connectivity index is 1.41. The summed E-state index contributed by atoms with van der Waals surface area (Å²) in [6.45, 7) is 5.06. The Morgan fingerprint density at radius 1 is 1.00 bits per heavy atom. The summed E-state index contributed by atoms with van der Waals surface area (Å²) in [5, 5.41) is -0.139. The van der Waals surface area contributed by atoms with Gasteiger partial charge in [-0.3, -0.25) is 0 Å². The van der Waals surface area contributed by atoms with Crippen molar-refractivity contribution in [1.29, 1.82) is 0 Å². The quantitative estimate of drug-likeness (QED) is 0.153. The molecule has 0 N–H and O–H groups in total. The first kappa shape index (κ1) is 38.0. The van der Waals surface area contributed by atoms with Gasteiger partial charge in [0.15, 0.2) is 23.1 Å². The Morgan fingerprint density at radius 3 is 2.39 bits per heavy atom. The van der Waals surface area contributed by atoms with Gasteiger partial charge in [-0.2, -0.15) is 4.37 Å². The molecule has 1 fully saturated rings. The summed E-state index contributed by atoms with van der Waals surface area (Å²) in [7, 11) is -1.88.